The van der Waals surface area contributed by atoms with Gasteiger partial charge >= 0.3 is 5.97 Å². The molecule has 1 saturated heterocycles. The summed E-state index contributed by atoms with van der Waals surface area (Å²) in [5.41, 5.74) is 0. The van der Waals surface area contributed by atoms with Gasteiger partial charge in [-0.2, -0.15) is 4.98 Å². The van der Waals surface area contributed by atoms with E-state index < -0.39 is 5.97 Å². The SMILES string of the molecule is O=C(O)CN1CCCN(Cc2ncon2)CC1. The van der Waals surface area contributed by atoms with E-state index in [1.165, 1.54) is 6.39 Å². The number of carbonyl (C=O) groups is 1. The summed E-state index contributed by atoms with van der Waals surface area (Å²) in [5.74, 6) is -0.0895. The summed E-state index contributed by atoms with van der Waals surface area (Å²) in [6.07, 6.45) is 2.29. The zero-order valence-corrected chi connectivity index (χ0v) is 9.58. The molecule has 2 heterocycles. The maximum absolute atomic E-state index is 10.6. The van der Waals surface area contributed by atoms with Crippen LogP contribution in [0.4, 0.5) is 0 Å². The average Bonchev–Trinajstić information content (AvgIpc) is 2.68. The third kappa shape index (κ3) is 3.79. The molecule has 17 heavy (non-hydrogen) atoms. The summed E-state index contributed by atoms with van der Waals surface area (Å²) >= 11 is 0. The van der Waals surface area contributed by atoms with Crippen molar-refractivity contribution in [3.8, 4) is 0 Å². The number of nitrogens with zero attached hydrogens (tertiary/aromatic N) is 4. The van der Waals surface area contributed by atoms with Gasteiger partial charge < -0.3 is 9.63 Å². The molecule has 7 nitrogen and oxygen atoms in total. The lowest BCUT2D eigenvalue weighted by molar-refractivity contribution is -0.138. The first-order chi connectivity index (χ1) is 8.24. The molecule has 1 N–H and O–H groups in total. The molecule has 1 aromatic rings. The van der Waals surface area contributed by atoms with Gasteiger partial charge in [-0.15, -0.1) is 0 Å². The number of hydrogen-bond donors (Lipinski definition) is 1. The van der Waals surface area contributed by atoms with Crippen molar-refractivity contribution < 1.29 is 14.4 Å². The molecule has 0 atom stereocenters. The summed E-state index contributed by atoms with van der Waals surface area (Å²) in [4.78, 5) is 18.8. The van der Waals surface area contributed by atoms with Crippen molar-refractivity contribution in [3.63, 3.8) is 0 Å². The van der Waals surface area contributed by atoms with E-state index >= 15 is 0 Å². The molecule has 0 radical (unpaired) electrons. The highest BCUT2D eigenvalue weighted by molar-refractivity contribution is 5.69. The summed E-state index contributed by atoms with van der Waals surface area (Å²) < 4.78 is 4.69. The van der Waals surface area contributed by atoms with Crippen molar-refractivity contribution in [2.75, 3.05) is 32.7 Å². The van der Waals surface area contributed by atoms with Crippen LogP contribution in [0.1, 0.15) is 12.2 Å². The van der Waals surface area contributed by atoms with Crippen molar-refractivity contribution in [3.05, 3.63) is 12.2 Å². The van der Waals surface area contributed by atoms with Crippen LogP contribution in [-0.4, -0.2) is 63.7 Å². The Morgan fingerprint density at radius 2 is 2.12 bits per heavy atom. The molecule has 1 aromatic heterocycles. The highest BCUT2D eigenvalue weighted by Crippen LogP contribution is 2.05. The smallest absolute Gasteiger partial charge is 0.317 e. The van der Waals surface area contributed by atoms with E-state index in [0.29, 0.717) is 12.4 Å². The van der Waals surface area contributed by atoms with Crippen molar-refractivity contribution in [1.29, 1.82) is 0 Å². The van der Waals surface area contributed by atoms with E-state index in [2.05, 4.69) is 19.6 Å². The first-order valence-electron chi connectivity index (χ1n) is 5.66. The molecule has 7 heteroatoms. The van der Waals surface area contributed by atoms with Crippen LogP contribution in [0.15, 0.2) is 10.9 Å². The second-order valence-corrected chi connectivity index (χ2v) is 4.15. The average molecular weight is 240 g/mol. The fraction of sp³-hybridized carbons (Fsp3) is 0.700. The van der Waals surface area contributed by atoms with E-state index in [-0.39, 0.29) is 6.54 Å². The Bertz CT molecular complexity index is 354. The van der Waals surface area contributed by atoms with Gasteiger partial charge in [-0.1, -0.05) is 5.16 Å². The van der Waals surface area contributed by atoms with E-state index in [9.17, 15) is 4.79 Å². The number of carboxylic acids is 1. The van der Waals surface area contributed by atoms with Gasteiger partial charge in [0.05, 0.1) is 13.1 Å². The van der Waals surface area contributed by atoms with Gasteiger partial charge in [0, 0.05) is 19.6 Å². The number of hydrogen-bond acceptors (Lipinski definition) is 6. The summed E-state index contributed by atoms with van der Waals surface area (Å²) in [6, 6.07) is 0. The second kappa shape index (κ2) is 5.74. The molecule has 0 aliphatic carbocycles. The summed E-state index contributed by atoms with van der Waals surface area (Å²) in [7, 11) is 0. The maximum Gasteiger partial charge on any atom is 0.317 e. The monoisotopic (exact) mass is 240 g/mol. The second-order valence-electron chi connectivity index (χ2n) is 4.15. The van der Waals surface area contributed by atoms with Crippen LogP contribution in [0.25, 0.3) is 0 Å². The quantitative estimate of drug-likeness (QED) is 0.771. The first-order valence-corrected chi connectivity index (χ1v) is 5.66. The minimum Gasteiger partial charge on any atom is -0.480 e. The Morgan fingerprint density at radius 3 is 2.82 bits per heavy atom. The minimum absolute atomic E-state index is 0.121. The third-order valence-electron chi connectivity index (χ3n) is 2.81. The van der Waals surface area contributed by atoms with Crippen LogP contribution >= 0.6 is 0 Å². The van der Waals surface area contributed by atoms with Gasteiger partial charge in [0.15, 0.2) is 5.82 Å². The Morgan fingerprint density at radius 1 is 1.35 bits per heavy atom. The lowest BCUT2D eigenvalue weighted by Crippen LogP contribution is -2.34. The molecule has 0 saturated carbocycles. The van der Waals surface area contributed by atoms with Crippen LogP contribution in [0.3, 0.4) is 0 Å². The molecule has 0 amide bonds. The van der Waals surface area contributed by atoms with Gasteiger partial charge in [0.2, 0.25) is 6.39 Å². The van der Waals surface area contributed by atoms with Gasteiger partial charge in [0.1, 0.15) is 0 Å². The standard InChI is InChI=1S/C10H16N4O3/c15-10(16)7-14-3-1-2-13(4-5-14)6-9-11-8-17-12-9/h8H,1-7H2,(H,15,16). The topological polar surface area (TPSA) is 82.7 Å². The Balaban J connectivity index is 1.81. The highest BCUT2D eigenvalue weighted by atomic mass is 16.5. The predicted molar refractivity (Wildman–Crippen MR) is 58.3 cm³/mol. The van der Waals surface area contributed by atoms with Crippen LogP contribution < -0.4 is 0 Å². The van der Waals surface area contributed by atoms with E-state index in [1.54, 1.807) is 0 Å². The van der Waals surface area contributed by atoms with Crippen LogP contribution in [0.2, 0.25) is 0 Å². The largest absolute Gasteiger partial charge is 0.480 e. The molecule has 0 bridgehead atoms. The highest BCUT2D eigenvalue weighted by Gasteiger charge is 2.17. The van der Waals surface area contributed by atoms with Gasteiger partial charge in [-0.25, -0.2) is 0 Å². The molecule has 0 unspecified atom stereocenters. The molecule has 0 spiro atoms. The van der Waals surface area contributed by atoms with E-state index in [0.717, 1.165) is 32.6 Å². The third-order valence-corrected chi connectivity index (χ3v) is 2.81. The lowest BCUT2D eigenvalue weighted by atomic mass is 10.3. The van der Waals surface area contributed by atoms with Crippen molar-refractivity contribution >= 4 is 5.97 Å². The number of carboxylic acid groups (broad SMARTS) is 1. The Kier molecular flexibility index (Phi) is 4.05. The molecule has 1 aliphatic rings. The normalized spacial score (nSPS) is 19.1. The zero-order chi connectivity index (χ0) is 12.1. The molecule has 1 aliphatic heterocycles. The van der Waals surface area contributed by atoms with Gasteiger partial charge in [-0.3, -0.25) is 14.6 Å². The van der Waals surface area contributed by atoms with Crippen LogP contribution in [0, 0.1) is 0 Å². The van der Waals surface area contributed by atoms with Crippen molar-refractivity contribution in [2.24, 2.45) is 0 Å². The fourth-order valence-electron chi connectivity index (χ4n) is 1.99. The van der Waals surface area contributed by atoms with E-state index in [4.69, 9.17) is 5.11 Å². The van der Waals surface area contributed by atoms with Crippen molar-refractivity contribution in [2.45, 2.75) is 13.0 Å². The van der Waals surface area contributed by atoms with Gasteiger partial charge in [0.25, 0.3) is 0 Å². The maximum atomic E-state index is 10.6. The molecular weight excluding hydrogens is 224 g/mol. The summed E-state index contributed by atoms with van der Waals surface area (Å²) in [6.45, 7) is 4.15. The van der Waals surface area contributed by atoms with Gasteiger partial charge in [-0.05, 0) is 13.0 Å². The minimum atomic E-state index is -0.767. The molecule has 1 fully saturated rings. The number of aromatic nitrogens is 2. The Hall–Kier alpha value is -1.47. The van der Waals surface area contributed by atoms with Crippen LogP contribution in [0.5, 0.6) is 0 Å². The number of rotatable bonds is 4. The molecule has 2 rings (SSSR count). The van der Waals surface area contributed by atoms with Crippen molar-refractivity contribution in [1.82, 2.24) is 19.9 Å². The van der Waals surface area contributed by atoms with Crippen LogP contribution in [-0.2, 0) is 11.3 Å². The predicted octanol–water partition coefficient (Wildman–Crippen LogP) is -0.338. The Labute approximate surface area is 99.0 Å². The lowest BCUT2D eigenvalue weighted by Gasteiger charge is -2.19. The number of aliphatic carboxylic acids is 1. The first kappa shape index (κ1) is 12.0. The molecular formula is C10H16N4O3. The molecule has 0 aromatic carbocycles. The summed E-state index contributed by atoms with van der Waals surface area (Å²) in [5, 5.41) is 12.5. The fourth-order valence-corrected chi connectivity index (χ4v) is 1.99. The van der Waals surface area contributed by atoms with E-state index in [1.807, 2.05) is 4.90 Å². The molecule has 94 valence electrons. The zero-order valence-electron chi connectivity index (χ0n) is 9.58.